The maximum Gasteiger partial charge on any atom is 0.387 e. The molecular formula is C33H30F4N4O6. The van der Waals surface area contributed by atoms with Crippen molar-refractivity contribution in [2.45, 2.75) is 38.5 Å². The number of rotatable bonds is 9. The largest absolute Gasteiger partial charge is 0.435 e. The summed E-state index contributed by atoms with van der Waals surface area (Å²) in [7, 11) is 0. The Hall–Kier alpha value is -4.98. The van der Waals surface area contributed by atoms with Gasteiger partial charge in [-0.2, -0.15) is 22.7 Å². The molecule has 246 valence electrons. The standard InChI is InChI=1S/C33H30F4N4O6/c34-32(35)46-24-7-1-4-20(17-24)16-21-5-3-9-26-29(21)38-40(30(26)22-6-2-8-25(18-22)47-33(36)37)31(42)23-10-11-27(28(19-23)41(43)44)39-12-14-45-15-13-39/h1-2,4,6-8,10-11,16-19,26,30,32-33H,3,5,9,12-15H2/b21-16+/t26-,30+/m0/s1. The fraction of sp³-hybridized carbons (Fsp3) is 0.333. The molecule has 0 bridgehead atoms. The van der Waals surface area contributed by atoms with Crippen molar-refractivity contribution in [2.75, 3.05) is 31.2 Å². The van der Waals surface area contributed by atoms with Crippen LogP contribution in [0.3, 0.4) is 0 Å². The average Bonchev–Trinajstić information content (AvgIpc) is 3.45. The Morgan fingerprint density at radius 2 is 1.68 bits per heavy atom. The zero-order valence-corrected chi connectivity index (χ0v) is 24.9. The number of ether oxygens (including phenoxy) is 3. The van der Waals surface area contributed by atoms with Crippen LogP contribution in [-0.4, -0.2) is 61.1 Å². The van der Waals surface area contributed by atoms with Crippen LogP contribution in [0.1, 0.15) is 46.8 Å². The quantitative estimate of drug-likeness (QED) is 0.138. The molecule has 1 aliphatic carbocycles. The molecule has 3 aliphatic rings. The maximum atomic E-state index is 14.2. The van der Waals surface area contributed by atoms with Gasteiger partial charge in [0.1, 0.15) is 17.2 Å². The molecule has 47 heavy (non-hydrogen) atoms. The van der Waals surface area contributed by atoms with Gasteiger partial charge in [-0.1, -0.05) is 24.3 Å². The van der Waals surface area contributed by atoms with Crippen molar-refractivity contribution in [3.05, 3.63) is 99.1 Å². The highest BCUT2D eigenvalue weighted by Gasteiger charge is 2.44. The molecule has 2 heterocycles. The number of benzene rings is 3. The van der Waals surface area contributed by atoms with Gasteiger partial charge in [-0.05, 0) is 78.4 Å². The van der Waals surface area contributed by atoms with Gasteiger partial charge in [-0.15, -0.1) is 0 Å². The molecule has 6 rings (SSSR count). The lowest BCUT2D eigenvalue weighted by atomic mass is 9.77. The van der Waals surface area contributed by atoms with E-state index in [-0.39, 0.29) is 28.7 Å². The second-order valence-electron chi connectivity index (χ2n) is 11.2. The van der Waals surface area contributed by atoms with E-state index in [9.17, 15) is 32.5 Å². The first kappa shape index (κ1) is 32.0. The minimum atomic E-state index is -3.06. The van der Waals surface area contributed by atoms with E-state index in [0.717, 1.165) is 5.57 Å². The second kappa shape index (κ2) is 13.8. The number of nitro groups is 1. The highest BCUT2D eigenvalue weighted by Crippen LogP contribution is 2.46. The third-order valence-corrected chi connectivity index (χ3v) is 8.33. The number of halogens is 4. The summed E-state index contributed by atoms with van der Waals surface area (Å²) >= 11 is 0. The van der Waals surface area contributed by atoms with E-state index in [0.29, 0.717) is 68.1 Å². The molecule has 1 saturated heterocycles. The Kier molecular flexibility index (Phi) is 9.38. The smallest absolute Gasteiger partial charge is 0.387 e. The van der Waals surface area contributed by atoms with Gasteiger partial charge >= 0.3 is 13.2 Å². The van der Waals surface area contributed by atoms with Gasteiger partial charge in [-0.3, -0.25) is 14.9 Å². The molecule has 3 aromatic carbocycles. The molecule has 10 nitrogen and oxygen atoms in total. The van der Waals surface area contributed by atoms with Crippen molar-refractivity contribution in [3.63, 3.8) is 0 Å². The van der Waals surface area contributed by atoms with Crippen LogP contribution < -0.4 is 14.4 Å². The topological polar surface area (TPSA) is 107 Å². The molecule has 14 heteroatoms. The SMILES string of the molecule is O=C(c1ccc(N2CCOCC2)c([N+](=O)[O-])c1)N1N=C2/C(=C/c3cccc(OC(F)F)c3)CCC[C@@H]2[C@H]1c1cccc(OC(F)F)c1. The van der Waals surface area contributed by atoms with Gasteiger partial charge in [0.05, 0.1) is 29.9 Å². The van der Waals surface area contributed by atoms with E-state index in [1.165, 1.54) is 41.4 Å². The van der Waals surface area contributed by atoms with Crippen LogP contribution in [-0.2, 0) is 4.74 Å². The van der Waals surface area contributed by atoms with Gasteiger partial charge in [0.2, 0.25) is 0 Å². The van der Waals surface area contributed by atoms with Crippen molar-refractivity contribution in [1.29, 1.82) is 0 Å². The molecule has 1 saturated carbocycles. The van der Waals surface area contributed by atoms with Crippen LogP contribution >= 0.6 is 0 Å². The third-order valence-electron chi connectivity index (χ3n) is 8.33. The predicted octanol–water partition coefficient (Wildman–Crippen LogP) is 7.07. The maximum absolute atomic E-state index is 14.2. The van der Waals surface area contributed by atoms with Crippen LogP contribution in [0.15, 0.2) is 77.4 Å². The normalized spacial score (nSPS) is 20.4. The monoisotopic (exact) mass is 654 g/mol. The van der Waals surface area contributed by atoms with Crippen LogP contribution in [0, 0.1) is 16.0 Å². The number of nitro benzene ring substituents is 1. The fourth-order valence-corrected chi connectivity index (χ4v) is 6.36. The molecule has 0 spiro atoms. The Morgan fingerprint density at radius 3 is 2.38 bits per heavy atom. The fourth-order valence-electron chi connectivity index (χ4n) is 6.36. The molecule has 0 N–H and O–H groups in total. The van der Waals surface area contributed by atoms with Gasteiger partial charge in [-0.25, -0.2) is 5.01 Å². The van der Waals surface area contributed by atoms with Crippen LogP contribution in [0.2, 0.25) is 0 Å². The van der Waals surface area contributed by atoms with E-state index in [4.69, 9.17) is 9.84 Å². The molecule has 0 radical (unpaired) electrons. The summed E-state index contributed by atoms with van der Waals surface area (Å²) in [6, 6.07) is 15.8. The Bertz CT molecular complexity index is 1710. The zero-order valence-electron chi connectivity index (χ0n) is 24.9. The van der Waals surface area contributed by atoms with Crippen LogP contribution in [0.25, 0.3) is 6.08 Å². The van der Waals surface area contributed by atoms with Crippen LogP contribution in [0.5, 0.6) is 11.5 Å². The number of morpholine rings is 1. The molecule has 2 atom stereocenters. The highest BCUT2D eigenvalue weighted by atomic mass is 19.3. The minimum Gasteiger partial charge on any atom is -0.435 e. The molecule has 2 fully saturated rings. The molecular weight excluding hydrogens is 624 g/mol. The van der Waals surface area contributed by atoms with Gasteiger partial charge < -0.3 is 19.1 Å². The molecule has 0 unspecified atom stereocenters. The van der Waals surface area contributed by atoms with E-state index >= 15 is 0 Å². The Balaban J connectivity index is 1.40. The Labute approximate surface area is 267 Å². The van der Waals surface area contributed by atoms with E-state index in [2.05, 4.69) is 9.47 Å². The zero-order chi connectivity index (χ0) is 33.1. The lowest BCUT2D eigenvalue weighted by Gasteiger charge is -2.30. The number of alkyl halides is 4. The van der Waals surface area contributed by atoms with Crippen molar-refractivity contribution >= 4 is 29.1 Å². The summed E-state index contributed by atoms with van der Waals surface area (Å²) < 4.78 is 66.5. The molecule has 2 aliphatic heterocycles. The summed E-state index contributed by atoms with van der Waals surface area (Å²) in [5.41, 5.74) is 2.59. The number of allylic oxidation sites excluding steroid dienone is 1. The number of hydrazone groups is 1. The lowest BCUT2D eigenvalue weighted by molar-refractivity contribution is -0.384. The van der Waals surface area contributed by atoms with Crippen molar-refractivity contribution in [1.82, 2.24) is 5.01 Å². The Morgan fingerprint density at radius 1 is 0.979 bits per heavy atom. The van der Waals surface area contributed by atoms with Gasteiger partial charge in [0.15, 0.2) is 0 Å². The summed E-state index contributed by atoms with van der Waals surface area (Å²) in [6.45, 7) is -4.29. The highest BCUT2D eigenvalue weighted by molar-refractivity contribution is 6.09. The van der Waals surface area contributed by atoms with Crippen molar-refractivity contribution < 1.29 is 41.5 Å². The van der Waals surface area contributed by atoms with Crippen LogP contribution in [0.4, 0.5) is 28.9 Å². The summed E-state index contributed by atoms with van der Waals surface area (Å²) in [5, 5.41) is 18.2. The number of anilines is 1. The number of carbonyl (C=O) groups excluding carboxylic acids is 1. The van der Waals surface area contributed by atoms with E-state index in [1.807, 2.05) is 4.90 Å². The average molecular weight is 655 g/mol. The number of amides is 1. The summed E-state index contributed by atoms with van der Waals surface area (Å²) in [6.07, 6.45) is 3.69. The minimum absolute atomic E-state index is 0.0114. The third kappa shape index (κ3) is 7.07. The number of hydrogen-bond donors (Lipinski definition) is 0. The molecule has 0 aromatic heterocycles. The van der Waals surface area contributed by atoms with Gasteiger partial charge in [0, 0.05) is 30.6 Å². The number of fused-ring (bicyclic) bond motifs is 1. The number of nitrogens with zero attached hydrogens (tertiary/aromatic N) is 4. The first-order valence-corrected chi connectivity index (χ1v) is 15.0. The first-order chi connectivity index (χ1) is 22.7. The number of hydrogen-bond acceptors (Lipinski definition) is 8. The summed E-state index contributed by atoms with van der Waals surface area (Å²) in [4.78, 5) is 27.6. The second-order valence-corrected chi connectivity index (χ2v) is 11.2. The predicted molar refractivity (Wildman–Crippen MR) is 164 cm³/mol. The summed E-state index contributed by atoms with van der Waals surface area (Å²) in [5.74, 6) is -1.07. The first-order valence-electron chi connectivity index (χ1n) is 15.0. The van der Waals surface area contributed by atoms with E-state index in [1.54, 1.807) is 36.4 Å². The van der Waals surface area contributed by atoms with Gasteiger partial charge in [0.25, 0.3) is 11.6 Å². The van der Waals surface area contributed by atoms with Crippen molar-refractivity contribution in [3.8, 4) is 11.5 Å². The molecule has 1 amide bonds. The molecule has 3 aromatic rings. The number of carbonyl (C=O) groups is 1. The lowest BCUT2D eigenvalue weighted by Crippen LogP contribution is -2.36. The van der Waals surface area contributed by atoms with E-state index < -0.39 is 30.1 Å². The van der Waals surface area contributed by atoms with Crippen molar-refractivity contribution in [2.24, 2.45) is 11.0 Å².